The van der Waals surface area contributed by atoms with Crippen molar-refractivity contribution in [3.05, 3.63) is 65.7 Å². The molecule has 0 amide bonds. The van der Waals surface area contributed by atoms with Crippen LogP contribution in [0.3, 0.4) is 0 Å². The number of ether oxygens (including phenoxy) is 3. The molecule has 4 rings (SSSR count). The molecule has 0 N–H and O–H groups in total. The molecular weight excluding hydrogens is 342 g/mol. The van der Waals surface area contributed by atoms with E-state index in [1.54, 1.807) is 7.11 Å². The number of benzene rings is 2. The van der Waals surface area contributed by atoms with Gasteiger partial charge in [-0.05, 0) is 17.7 Å². The van der Waals surface area contributed by atoms with E-state index < -0.39 is 11.4 Å². The average molecular weight is 368 g/mol. The molecule has 2 aromatic rings. The van der Waals surface area contributed by atoms with Gasteiger partial charge < -0.3 is 18.7 Å². The fraction of sp³-hybridized carbons (Fsp3) is 0.409. The predicted octanol–water partition coefficient (Wildman–Crippen LogP) is 3.08. The monoisotopic (exact) mass is 368 g/mol. The van der Waals surface area contributed by atoms with E-state index in [9.17, 15) is 4.79 Å². The first-order valence-electron chi connectivity index (χ1n) is 9.35. The molecule has 0 aromatic heterocycles. The maximum absolute atomic E-state index is 13.3. The van der Waals surface area contributed by atoms with E-state index in [4.69, 9.17) is 14.2 Å². The van der Waals surface area contributed by atoms with Gasteiger partial charge in [0.15, 0.2) is 0 Å². The summed E-state index contributed by atoms with van der Waals surface area (Å²) in [5.74, 6) is -0.466. The van der Waals surface area contributed by atoms with Gasteiger partial charge in [-0.1, -0.05) is 42.5 Å². The zero-order valence-corrected chi connectivity index (χ0v) is 16.1. The number of nitrogens with zero attached hydrogens (tertiary/aromatic N) is 1. The SMILES string of the molecule is COc1ccc(C2(c3ccccc3)OC3(CC[N+](C)(C)CC3)OC2=O)cc1. The van der Waals surface area contributed by atoms with Crippen molar-refractivity contribution >= 4 is 5.97 Å². The van der Waals surface area contributed by atoms with Crippen LogP contribution < -0.4 is 4.74 Å². The molecular formula is C22H26NO4+. The maximum atomic E-state index is 13.3. The molecule has 0 saturated carbocycles. The molecule has 2 fully saturated rings. The molecule has 1 atom stereocenters. The second kappa shape index (κ2) is 6.36. The molecule has 1 unspecified atom stereocenters. The summed E-state index contributed by atoms with van der Waals surface area (Å²) in [4.78, 5) is 13.3. The number of carbonyl (C=O) groups excluding carboxylic acids is 1. The summed E-state index contributed by atoms with van der Waals surface area (Å²) in [5.41, 5.74) is 0.300. The Morgan fingerprint density at radius 1 is 0.926 bits per heavy atom. The molecule has 5 heteroatoms. The highest BCUT2D eigenvalue weighted by Crippen LogP contribution is 2.49. The lowest BCUT2D eigenvalue weighted by Crippen LogP contribution is -2.53. The van der Waals surface area contributed by atoms with Crippen LogP contribution in [0.2, 0.25) is 0 Å². The van der Waals surface area contributed by atoms with Crippen LogP contribution in [0.4, 0.5) is 0 Å². The Balaban J connectivity index is 1.78. The normalized spacial score (nSPS) is 26.0. The standard InChI is InChI=1S/C22H26NO4/c1-23(2)15-13-21(14-16-23)26-20(24)22(27-21,17-7-5-4-6-8-17)18-9-11-19(25-3)12-10-18/h4-12H,13-16H2,1-3H3/q+1. The van der Waals surface area contributed by atoms with Gasteiger partial charge in [-0.2, -0.15) is 0 Å². The molecule has 2 aliphatic heterocycles. The van der Waals surface area contributed by atoms with Gasteiger partial charge in [0.1, 0.15) is 5.75 Å². The van der Waals surface area contributed by atoms with Crippen molar-refractivity contribution < 1.29 is 23.5 Å². The van der Waals surface area contributed by atoms with Gasteiger partial charge in [-0.3, -0.25) is 0 Å². The molecule has 1 spiro atoms. The summed E-state index contributed by atoms with van der Waals surface area (Å²) in [6.07, 6.45) is 1.38. The molecule has 0 bridgehead atoms. The number of hydrogen-bond acceptors (Lipinski definition) is 4. The van der Waals surface area contributed by atoms with Gasteiger partial charge in [0.05, 0.1) is 47.1 Å². The van der Waals surface area contributed by atoms with Crippen LogP contribution in [0.1, 0.15) is 24.0 Å². The largest absolute Gasteiger partial charge is 0.497 e. The lowest BCUT2D eigenvalue weighted by atomic mass is 9.86. The number of carbonyl (C=O) groups is 1. The molecule has 2 saturated heterocycles. The summed E-state index contributed by atoms with van der Waals surface area (Å²) >= 11 is 0. The van der Waals surface area contributed by atoms with Gasteiger partial charge >= 0.3 is 5.97 Å². The van der Waals surface area contributed by atoms with Gasteiger partial charge in [-0.15, -0.1) is 0 Å². The number of hydrogen-bond donors (Lipinski definition) is 0. The average Bonchev–Trinajstić information content (AvgIpc) is 2.99. The minimum Gasteiger partial charge on any atom is -0.497 e. The summed E-state index contributed by atoms with van der Waals surface area (Å²) in [7, 11) is 6.01. The second-order valence-electron chi connectivity index (χ2n) is 8.06. The minimum atomic E-state index is -1.25. The van der Waals surface area contributed by atoms with E-state index >= 15 is 0 Å². The Morgan fingerprint density at radius 2 is 1.52 bits per heavy atom. The van der Waals surface area contributed by atoms with E-state index in [1.165, 1.54) is 0 Å². The van der Waals surface area contributed by atoms with Crippen LogP contribution >= 0.6 is 0 Å². The highest BCUT2D eigenvalue weighted by Gasteiger charge is 2.61. The summed E-state index contributed by atoms with van der Waals surface area (Å²) < 4.78 is 18.7. The second-order valence-corrected chi connectivity index (χ2v) is 8.06. The Kier molecular flexibility index (Phi) is 4.24. The fourth-order valence-electron chi connectivity index (χ4n) is 3.99. The van der Waals surface area contributed by atoms with Gasteiger partial charge in [-0.25, -0.2) is 4.79 Å². The zero-order chi connectivity index (χ0) is 19.1. The first kappa shape index (κ1) is 18.0. The highest BCUT2D eigenvalue weighted by atomic mass is 16.8. The number of esters is 1. The fourth-order valence-corrected chi connectivity index (χ4v) is 3.99. The number of quaternary nitrogens is 1. The Hall–Kier alpha value is -2.37. The topological polar surface area (TPSA) is 44.8 Å². The number of methoxy groups -OCH3 is 1. The predicted molar refractivity (Wildman–Crippen MR) is 101 cm³/mol. The van der Waals surface area contributed by atoms with E-state index in [0.717, 1.165) is 34.4 Å². The van der Waals surface area contributed by atoms with Crippen LogP contribution in [-0.2, 0) is 19.9 Å². The molecule has 0 radical (unpaired) electrons. The summed E-state index contributed by atoms with van der Waals surface area (Å²) in [6.45, 7) is 1.81. The Bertz CT molecular complexity index is 821. The first-order valence-corrected chi connectivity index (χ1v) is 9.35. The van der Waals surface area contributed by atoms with Crippen molar-refractivity contribution in [3.8, 4) is 5.75 Å². The lowest BCUT2D eigenvalue weighted by Gasteiger charge is -2.41. The summed E-state index contributed by atoms with van der Waals surface area (Å²) in [6, 6.07) is 17.1. The molecule has 2 aliphatic rings. The van der Waals surface area contributed by atoms with Crippen LogP contribution in [0.25, 0.3) is 0 Å². The van der Waals surface area contributed by atoms with Crippen molar-refractivity contribution in [2.45, 2.75) is 24.2 Å². The van der Waals surface area contributed by atoms with Crippen molar-refractivity contribution in [1.29, 1.82) is 0 Å². The molecule has 0 aliphatic carbocycles. The van der Waals surface area contributed by atoms with E-state index in [2.05, 4.69) is 14.1 Å². The van der Waals surface area contributed by atoms with Crippen molar-refractivity contribution in [3.63, 3.8) is 0 Å². The van der Waals surface area contributed by atoms with Crippen LogP contribution in [0, 0.1) is 0 Å². The number of piperidine rings is 1. The third-order valence-electron chi connectivity index (χ3n) is 5.78. The van der Waals surface area contributed by atoms with E-state index in [-0.39, 0.29) is 5.97 Å². The molecule has 2 aromatic carbocycles. The lowest BCUT2D eigenvalue weighted by molar-refractivity contribution is -0.898. The third kappa shape index (κ3) is 3.01. The zero-order valence-electron chi connectivity index (χ0n) is 16.1. The van der Waals surface area contributed by atoms with Crippen LogP contribution in [-0.4, -0.2) is 50.5 Å². The quantitative estimate of drug-likeness (QED) is 0.617. The third-order valence-corrected chi connectivity index (χ3v) is 5.78. The van der Waals surface area contributed by atoms with Crippen LogP contribution in [0.5, 0.6) is 5.75 Å². The maximum Gasteiger partial charge on any atom is 0.350 e. The number of rotatable bonds is 3. The smallest absolute Gasteiger partial charge is 0.350 e. The van der Waals surface area contributed by atoms with Gasteiger partial charge in [0.25, 0.3) is 0 Å². The first-order chi connectivity index (χ1) is 12.9. The van der Waals surface area contributed by atoms with Gasteiger partial charge in [0.2, 0.25) is 11.4 Å². The number of likely N-dealkylation sites (tertiary alicyclic amines) is 1. The molecule has 5 nitrogen and oxygen atoms in total. The van der Waals surface area contributed by atoms with E-state index in [0.29, 0.717) is 12.8 Å². The highest BCUT2D eigenvalue weighted by molar-refractivity contribution is 5.87. The van der Waals surface area contributed by atoms with Crippen molar-refractivity contribution in [2.75, 3.05) is 34.3 Å². The van der Waals surface area contributed by atoms with E-state index in [1.807, 2.05) is 54.6 Å². The van der Waals surface area contributed by atoms with Crippen LogP contribution in [0.15, 0.2) is 54.6 Å². The Labute approximate surface area is 160 Å². The molecule has 142 valence electrons. The van der Waals surface area contributed by atoms with Crippen molar-refractivity contribution in [1.82, 2.24) is 0 Å². The Morgan fingerprint density at radius 3 is 2.11 bits per heavy atom. The molecule has 2 heterocycles. The van der Waals surface area contributed by atoms with Gasteiger partial charge in [0, 0.05) is 5.56 Å². The molecule has 27 heavy (non-hydrogen) atoms. The van der Waals surface area contributed by atoms with Crippen molar-refractivity contribution in [2.24, 2.45) is 0 Å². The minimum absolute atomic E-state index is 0.342. The summed E-state index contributed by atoms with van der Waals surface area (Å²) in [5, 5.41) is 0.